The standard InChI is InChI=1S/C31H33N3O3S/c1-22(2)27-12-9-23(3)28(20-27)33-16-18-34(19-17-33)31(35)26-13-10-24(11-14-26)21-38(36,37)29-8-4-6-25-7-5-15-32-30(25)29/h4-15,20,22H,16-19,21H2,1-3H3. The number of piperazine rings is 1. The molecular formula is C31H33N3O3S. The number of hydrogen-bond acceptors (Lipinski definition) is 5. The summed E-state index contributed by atoms with van der Waals surface area (Å²) in [5.74, 6) is 0.300. The lowest BCUT2D eigenvalue weighted by atomic mass is 10.00. The molecule has 4 aromatic rings. The molecule has 5 rings (SSSR count). The number of rotatable bonds is 6. The zero-order valence-electron chi connectivity index (χ0n) is 22.1. The van der Waals surface area contributed by atoms with Crippen LogP contribution < -0.4 is 4.90 Å². The fourth-order valence-corrected chi connectivity index (χ4v) is 6.56. The van der Waals surface area contributed by atoms with Gasteiger partial charge in [-0.15, -0.1) is 0 Å². The monoisotopic (exact) mass is 527 g/mol. The lowest BCUT2D eigenvalue weighted by Gasteiger charge is -2.37. The van der Waals surface area contributed by atoms with Crippen LogP contribution in [0, 0.1) is 6.92 Å². The van der Waals surface area contributed by atoms with E-state index in [0.717, 1.165) is 18.5 Å². The molecule has 6 nitrogen and oxygen atoms in total. The molecule has 1 saturated heterocycles. The molecule has 0 aliphatic carbocycles. The molecule has 1 aliphatic heterocycles. The minimum Gasteiger partial charge on any atom is -0.368 e. The maximum Gasteiger partial charge on any atom is 0.253 e. The van der Waals surface area contributed by atoms with Gasteiger partial charge in [0, 0.05) is 49.0 Å². The smallest absolute Gasteiger partial charge is 0.253 e. The Labute approximate surface area is 224 Å². The largest absolute Gasteiger partial charge is 0.368 e. The number of pyridine rings is 1. The van der Waals surface area contributed by atoms with Crippen LogP contribution in [-0.2, 0) is 15.6 Å². The first-order valence-corrected chi connectivity index (χ1v) is 14.7. The van der Waals surface area contributed by atoms with Crippen molar-refractivity contribution in [3.05, 3.63) is 101 Å². The van der Waals surface area contributed by atoms with Crippen LogP contribution in [0.4, 0.5) is 5.69 Å². The predicted molar refractivity (Wildman–Crippen MR) is 152 cm³/mol. The molecule has 196 valence electrons. The molecule has 38 heavy (non-hydrogen) atoms. The number of aromatic nitrogens is 1. The molecule has 3 aromatic carbocycles. The van der Waals surface area contributed by atoms with Gasteiger partial charge in [-0.05, 0) is 59.9 Å². The molecule has 1 aliphatic rings. The minimum atomic E-state index is -3.60. The van der Waals surface area contributed by atoms with E-state index in [1.165, 1.54) is 16.8 Å². The first-order valence-electron chi connectivity index (χ1n) is 13.0. The topological polar surface area (TPSA) is 70.6 Å². The lowest BCUT2D eigenvalue weighted by molar-refractivity contribution is 0.0746. The van der Waals surface area contributed by atoms with Crippen molar-refractivity contribution in [3.63, 3.8) is 0 Å². The Hall–Kier alpha value is -3.71. The van der Waals surface area contributed by atoms with Crippen LogP contribution in [0.3, 0.4) is 0 Å². The minimum absolute atomic E-state index is 0.0232. The van der Waals surface area contributed by atoms with E-state index in [2.05, 4.69) is 48.9 Å². The zero-order valence-corrected chi connectivity index (χ0v) is 22.9. The van der Waals surface area contributed by atoms with E-state index in [1.54, 1.807) is 48.7 Å². The Bertz CT molecular complexity index is 1570. The Morgan fingerprint density at radius 2 is 1.63 bits per heavy atom. The molecule has 0 spiro atoms. The number of aryl methyl sites for hydroxylation is 1. The Balaban J connectivity index is 1.25. The van der Waals surface area contributed by atoms with Crippen molar-refractivity contribution in [2.75, 3.05) is 31.1 Å². The number of carbonyl (C=O) groups excluding carboxylic acids is 1. The molecule has 0 N–H and O–H groups in total. The summed E-state index contributed by atoms with van der Waals surface area (Å²) in [5.41, 5.74) is 5.51. The fraction of sp³-hybridized carbons (Fsp3) is 0.290. The van der Waals surface area contributed by atoms with Gasteiger partial charge in [-0.2, -0.15) is 0 Å². The Morgan fingerprint density at radius 1 is 0.921 bits per heavy atom. The van der Waals surface area contributed by atoms with Gasteiger partial charge < -0.3 is 9.80 Å². The van der Waals surface area contributed by atoms with E-state index < -0.39 is 9.84 Å². The summed E-state index contributed by atoms with van der Waals surface area (Å²) in [6, 6.07) is 22.4. The van der Waals surface area contributed by atoms with Gasteiger partial charge in [0.1, 0.15) is 0 Å². The van der Waals surface area contributed by atoms with Crippen molar-refractivity contribution in [1.29, 1.82) is 0 Å². The number of hydrogen-bond donors (Lipinski definition) is 0. The molecule has 0 bridgehead atoms. The van der Waals surface area contributed by atoms with Crippen LogP contribution in [0.15, 0.2) is 83.9 Å². The molecule has 2 heterocycles. The number of carbonyl (C=O) groups is 1. The summed E-state index contributed by atoms with van der Waals surface area (Å²) in [4.78, 5) is 22.0. The van der Waals surface area contributed by atoms with Gasteiger partial charge >= 0.3 is 0 Å². The SMILES string of the molecule is Cc1ccc(C(C)C)cc1N1CCN(C(=O)c2ccc(CS(=O)(=O)c3cccc4cccnc34)cc2)CC1. The van der Waals surface area contributed by atoms with Crippen LogP contribution in [0.5, 0.6) is 0 Å². The number of benzene rings is 3. The van der Waals surface area contributed by atoms with E-state index in [0.29, 0.717) is 35.7 Å². The first-order chi connectivity index (χ1) is 18.2. The number of fused-ring (bicyclic) bond motifs is 1. The van der Waals surface area contributed by atoms with Crippen LogP contribution >= 0.6 is 0 Å². The molecule has 0 radical (unpaired) electrons. The van der Waals surface area contributed by atoms with Gasteiger partial charge in [0.15, 0.2) is 9.84 Å². The quantitative estimate of drug-likeness (QED) is 0.326. The van der Waals surface area contributed by atoms with Gasteiger partial charge in [0.05, 0.1) is 16.2 Å². The second kappa shape index (κ2) is 10.6. The molecule has 1 fully saturated rings. The molecule has 1 aromatic heterocycles. The van der Waals surface area contributed by atoms with Gasteiger partial charge in [-0.25, -0.2) is 8.42 Å². The average molecular weight is 528 g/mol. The molecule has 0 saturated carbocycles. The van der Waals surface area contributed by atoms with Gasteiger partial charge in [-0.3, -0.25) is 9.78 Å². The molecule has 0 atom stereocenters. The lowest BCUT2D eigenvalue weighted by Crippen LogP contribution is -2.49. The van der Waals surface area contributed by atoms with Crippen molar-refractivity contribution in [2.24, 2.45) is 0 Å². The normalized spacial score (nSPS) is 14.3. The van der Waals surface area contributed by atoms with Crippen LogP contribution in [-0.4, -0.2) is 50.4 Å². The van der Waals surface area contributed by atoms with Gasteiger partial charge in [0.2, 0.25) is 0 Å². The van der Waals surface area contributed by atoms with Gasteiger partial charge in [-0.1, -0.05) is 56.3 Å². The van der Waals surface area contributed by atoms with Crippen molar-refractivity contribution in [3.8, 4) is 0 Å². The third-order valence-corrected chi connectivity index (χ3v) is 9.01. The van der Waals surface area contributed by atoms with Crippen LogP contribution in [0.2, 0.25) is 0 Å². The highest BCUT2D eigenvalue weighted by atomic mass is 32.2. The highest BCUT2D eigenvalue weighted by Crippen LogP contribution is 2.27. The molecule has 0 unspecified atom stereocenters. The highest BCUT2D eigenvalue weighted by Gasteiger charge is 2.24. The van der Waals surface area contributed by atoms with Gasteiger partial charge in [0.25, 0.3) is 5.91 Å². The van der Waals surface area contributed by atoms with Crippen molar-refractivity contribution >= 4 is 32.3 Å². The summed E-state index contributed by atoms with van der Waals surface area (Å²) >= 11 is 0. The maximum absolute atomic E-state index is 13.2. The number of amides is 1. The second-order valence-corrected chi connectivity index (χ2v) is 12.2. The summed E-state index contributed by atoms with van der Waals surface area (Å²) in [7, 11) is -3.60. The van der Waals surface area contributed by atoms with E-state index in [1.807, 2.05) is 17.0 Å². The van der Waals surface area contributed by atoms with Crippen molar-refractivity contribution < 1.29 is 13.2 Å². The van der Waals surface area contributed by atoms with Crippen molar-refractivity contribution in [1.82, 2.24) is 9.88 Å². The van der Waals surface area contributed by atoms with Crippen LogP contribution in [0.1, 0.15) is 46.8 Å². The summed E-state index contributed by atoms with van der Waals surface area (Å²) in [6.45, 7) is 9.39. The van der Waals surface area contributed by atoms with E-state index in [-0.39, 0.29) is 16.6 Å². The Morgan fingerprint density at radius 3 is 2.34 bits per heavy atom. The first kappa shape index (κ1) is 25.9. The second-order valence-electron chi connectivity index (χ2n) is 10.3. The average Bonchev–Trinajstić information content (AvgIpc) is 2.93. The number of anilines is 1. The maximum atomic E-state index is 13.2. The Kier molecular flexibility index (Phi) is 7.21. The summed E-state index contributed by atoms with van der Waals surface area (Å²) in [5, 5.41) is 0.789. The van der Waals surface area contributed by atoms with E-state index in [9.17, 15) is 13.2 Å². The third-order valence-electron chi connectivity index (χ3n) is 7.30. The summed E-state index contributed by atoms with van der Waals surface area (Å²) < 4.78 is 26.4. The zero-order chi connectivity index (χ0) is 26.9. The number of nitrogens with zero attached hydrogens (tertiary/aromatic N) is 3. The predicted octanol–water partition coefficient (Wildman–Crippen LogP) is 5.60. The number of para-hydroxylation sites is 1. The van der Waals surface area contributed by atoms with Crippen LogP contribution in [0.25, 0.3) is 10.9 Å². The molecule has 1 amide bonds. The highest BCUT2D eigenvalue weighted by molar-refractivity contribution is 7.90. The third kappa shape index (κ3) is 5.29. The van der Waals surface area contributed by atoms with Crippen molar-refractivity contribution in [2.45, 2.75) is 37.3 Å². The fourth-order valence-electron chi connectivity index (χ4n) is 5.03. The molecule has 7 heteroatoms. The van der Waals surface area contributed by atoms with E-state index >= 15 is 0 Å². The number of sulfone groups is 1. The molecular weight excluding hydrogens is 494 g/mol. The van der Waals surface area contributed by atoms with E-state index in [4.69, 9.17) is 0 Å². The summed E-state index contributed by atoms with van der Waals surface area (Å²) in [6.07, 6.45) is 1.60.